The number of nitrogens with zero attached hydrogens (tertiary/aromatic N) is 1. The zero-order chi connectivity index (χ0) is 14.9. The van der Waals surface area contributed by atoms with Gasteiger partial charge in [-0.05, 0) is 12.8 Å². The molecule has 5 nitrogen and oxygen atoms in total. The minimum Gasteiger partial charge on any atom is -0.481 e. The first-order valence-corrected chi connectivity index (χ1v) is 6.53. The average molecular weight is 271 g/mol. The van der Waals surface area contributed by atoms with Crippen LogP contribution in [-0.2, 0) is 14.3 Å². The number of aliphatic imine (C=N–C) groups is 1. The highest BCUT2D eigenvalue weighted by molar-refractivity contribution is 5.85. The first-order valence-electron chi connectivity index (χ1n) is 6.53. The molecule has 0 heterocycles. The molecule has 0 aliphatic rings. The zero-order valence-corrected chi connectivity index (χ0v) is 12.1. The van der Waals surface area contributed by atoms with E-state index in [1.54, 1.807) is 19.3 Å². The fourth-order valence-corrected chi connectivity index (χ4v) is 0.919. The van der Waals surface area contributed by atoms with E-state index in [0.717, 1.165) is 6.42 Å². The van der Waals surface area contributed by atoms with Crippen LogP contribution in [0.1, 0.15) is 52.4 Å². The van der Waals surface area contributed by atoms with Crippen LogP contribution in [0.25, 0.3) is 0 Å². The van der Waals surface area contributed by atoms with E-state index in [4.69, 9.17) is 5.11 Å². The van der Waals surface area contributed by atoms with Gasteiger partial charge in [0, 0.05) is 18.8 Å². The summed E-state index contributed by atoms with van der Waals surface area (Å²) in [5.74, 6) is -1.00. The molecule has 0 spiro atoms. The molecule has 0 radical (unpaired) electrons. The van der Waals surface area contributed by atoms with E-state index < -0.39 is 5.97 Å². The monoisotopic (exact) mass is 271 g/mol. The van der Waals surface area contributed by atoms with Crippen LogP contribution in [-0.4, -0.2) is 30.4 Å². The largest absolute Gasteiger partial charge is 0.481 e. The lowest BCUT2D eigenvalue weighted by atomic mass is 10.2. The number of carbonyl (C=O) groups is 2. The van der Waals surface area contributed by atoms with Crippen molar-refractivity contribution >= 4 is 18.2 Å². The molecule has 0 saturated carbocycles. The van der Waals surface area contributed by atoms with Crippen LogP contribution in [0, 0.1) is 0 Å². The predicted octanol–water partition coefficient (Wildman–Crippen LogP) is 3.20. The van der Waals surface area contributed by atoms with E-state index in [1.807, 2.05) is 6.08 Å². The van der Waals surface area contributed by atoms with Gasteiger partial charge in [-0.1, -0.05) is 32.8 Å². The first-order chi connectivity index (χ1) is 9.08. The molecular weight excluding hydrogens is 246 g/mol. The normalized spacial score (nSPS) is 10.3. The lowest BCUT2D eigenvalue weighted by Crippen LogP contribution is -1.99. The van der Waals surface area contributed by atoms with Gasteiger partial charge in [0.05, 0.1) is 13.5 Å². The third-order valence-electron chi connectivity index (χ3n) is 2.06. The Morgan fingerprint density at radius 1 is 1.26 bits per heavy atom. The molecule has 0 fully saturated rings. The maximum Gasteiger partial charge on any atom is 0.310 e. The smallest absolute Gasteiger partial charge is 0.310 e. The summed E-state index contributed by atoms with van der Waals surface area (Å²) in [7, 11) is 1.37. The number of carboxylic acid groups (broad SMARTS) is 1. The van der Waals surface area contributed by atoms with E-state index >= 15 is 0 Å². The van der Waals surface area contributed by atoms with Crippen molar-refractivity contribution in [1.29, 1.82) is 0 Å². The fraction of sp³-hybridized carbons (Fsp3) is 0.643. The van der Waals surface area contributed by atoms with Crippen molar-refractivity contribution in [2.24, 2.45) is 4.99 Å². The molecule has 0 aromatic rings. The van der Waals surface area contributed by atoms with Gasteiger partial charge in [0.15, 0.2) is 0 Å². The number of hydrogen-bond donors (Lipinski definition) is 1. The van der Waals surface area contributed by atoms with E-state index in [0.29, 0.717) is 0 Å². The fourth-order valence-electron chi connectivity index (χ4n) is 0.919. The molecule has 0 rings (SSSR count). The molecule has 5 heteroatoms. The Bertz CT molecular complexity index is 285. The van der Waals surface area contributed by atoms with Crippen LogP contribution < -0.4 is 0 Å². The second kappa shape index (κ2) is 16.4. The predicted molar refractivity (Wildman–Crippen MR) is 76.3 cm³/mol. The van der Waals surface area contributed by atoms with E-state index in [1.165, 1.54) is 26.4 Å². The summed E-state index contributed by atoms with van der Waals surface area (Å²) in [6.07, 6.45) is 10.5. The summed E-state index contributed by atoms with van der Waals surface area (Å²) in [5.41, 5.74) is 0. The van der Waals surface area contributed by atoms with Gasteiger partial charge in [0.1, 0.15) is 0 Å². The third kappa shape index (κ3) is 22.1. The number of ether oxygens (including phenoxy) is 1. The van der Waals surface area contributed by atoms with E-state index in [2.05, 4.69) is 16.7 Å². The van der Waals surface area contributed by atoms with Gasteiger partial charge in [0.2, 0.25) is 0 Å². The molecule has 0 aromatic heterocycles. The van der Waals surface area contributed by atoms with Gasteiger partial charge in [-0.15, -0.1) is 0 Å². The molecule has 0 amide bonds. The average Bonchev–Trinajstić information content (AvgIpc) is 2.42. The quantitative estimate of drug-likeness (QED) is 0.418. The Labute approximate surface area is 115 Å². The van der Waals surface area contributed by atoms with Gasteiger partial charge in [-0.2, -0.15) is 0 Å². The van der Waals surface area contributed by atoms with Crippen LogP contribution in [0.2, 0.25) is 0 Å². The number of unbranched alkanes of at least 4 members (excludes halogenated alkanes) is 3. The van der Waals surface area contributed by atoms with Crippen molar-refractivity contribution in [3.63, 3.8) is 0 Å². The summed E-state index contributed by atoms with van der Waals surface area (Å²) in [6, 6.07) is 0. The number of hydrogen-bond acceptors (Lipinski definition) is 4. The SMILES string of the molecule is CCC(=O)O.CCCCCC=CN=CCC(=O)OC. The highest BCUT2D eigenvalue weighted by atomic mass is 16.5. The van der Waals surface area contributed by atoms with Crippen molar-refractivity contribution in [2.45, 2.75) is 52.4 Å². The zero-order valence-electron chi connectivity index (χ0n) is 12.1. The van der Waals surface area contributed by atoms with Crippen LogP contribution in [0.5, 0.6) is 0 Å². The molecular formula is C14H25NO4. The van der Waals surface area contributed by atoms with Crippen LogP contribution in [0.4, 0.5) is 0 Å². The second-order valence-electron chi connectivity index (χ2n) is 3.74. The molecule has 0 bridgehead atoms. The summed E-state index contributed by atoms with van der Waals surface area (Å²) in [6.45, 7) is 3.78. The van der Waals surface area contributed by atoms with Gasteiger partial charge in [-0.25, -0.2) is 0 Å². The minimum absolute atomic E-state index is 0.222. The molecule has 0 atom stereocenters. The van der Waals surface area contributed by atoms with Gasteiger partial charge in [0.25, 0.3) is 0 Å². The van der Waals surface area contributed by atoms with Crippen molar-refractivity contribution in [3.8, 4) is 0 Å². The lowest BCUT2D eigenvalue weighted by molar-refractivity contribution is -0.139. The van der Waals surface area contributed by atoms with Crippen LogP contribution in [0.15, 0.2) is 17.3 Å². The number of esters is 1. The van der Waals surface area contributed by atoms with E-state index in [9.17, 15) is 9.59 Å². The highest BCUT2D eigenvalue weighted by Crippen LogP contribution is 1.99. The maximum absolute atomic E-state index is 10.6. The number of aliphatic carboxylic acids is 1. The lowest BCUT2D eigenvalue weighted by Gasteiger charge is -1.91. The molecule has 0 aliphatic carbocycles. The Morgan fingerprint density at radius 3 is 2.37 bits per heavy atom. The van der Waals surface area contributed by atoms with Crippen LogP contribution in [0.3, 0.4) is 0 Å². The third-order valence-corrected chi connectivity index (χ3v) is 2.06. The summed E-state index contributed by atoms with van der Waals surface area (Å²) in [5, 5.41) is 7.72. The topological polar surface area (TPSA) is 76.0 Å². The number of carbonyl (C=O) groups excluding carboxylic acids is 1. The van der Waals surface area contributed by atoms with Gasteiger partial charge < -0.3 is 9.84 Å². The van der Waals surface area contributed by atoms with Crippen molar-refractivity contribution in [3.05, 3.63) is 12.3 Å². The summed E-state index contributed by atoms with van der Waals surface area (Å²) < 4.78 is 4.46. The number of methoxy groups -OCH3 is 1. The Hall–Kier alpha value is -1.65. The Morgan fingerprint density at radius 2 is 1.89 bits per heavy atom. The number of carboxylic acids is 1. The standard InChI is InChI=1S/C11H19NO2.C3H6O2/c1-3-4-5-6-7-9-12-10-8-11(13)14-2;1-2-3(4)5/h7,9-10H,3-6,8H2,1-2H3;2H2,1H3,(H,4,5). The van der Waals surface area contributed by atoms with Gasteiger partial charge >= 0.3 is 11.9 Å². The van der Waals surface area contributed by atoms with E-state index in [-0.39, 0.29) is 18.8 Å². The Balaban J connectivity index is 0. The summed E-state index contributed by atoms with van der Waals surface area (Å²) in [4.78, 5) is 24.0. The molecule has 0 aromatic carbocycles. The highest BCUT2D eigenvalue weighted by Gasteiger charge is 1.92. The van der Waals surface area contributed by atoms with Crippen molar-refractivity contribution in [2.75, 3.05) is 7.11 Å². The molecule has 110 valence electrons. The second-order valence-corrected chi connectivity index (χ2v) is 3.74. The molecule has 0 saturated heterocycles. The molecule has 19 heavy (non-hydrogen) atoms. The molecule has 0 aliphatic heterocycles. The number of allylic oxidation sites excluding steroid dienone is 1. The number of rotatable bonds is 8. The Kier molecular flexibility index (Phi) is 16.9. The van der Waals surface area contributed by atoms with Crippen molar-refractivity contribution in [1.82, 2.24) is 0 Å². The maximum atomic E-state index is 10.6. The molecule has 0 unspecified atom stereocenters. The van der Waals surface area contributed by atoms with Crippen molar-refractivity contribution < 1.29 is 19.4 Å². The van der Waals surface area contributed by atoms with Crippen LogP contribution >= 0.6 is 0 Å². The summed E-state index contributed by atoms with van der Waals surface area (Å²) >= 11 is 0. The minimum atomic E-state index is -0.745. The van der Waals surface area contributed by atoms with Gasteiger partial charge in [-0.3, -0.25) is 14.6 Å². The first kappa shape index (κ1) is 19.7. The molecule has 1 N–H and O–H groups in total.